The van der Waals surface area contributed by atoms with Gasteiger partial charge in [-0.1, -0.05) is 12.8 Å². The number of nitrogens with two attached hydrogens (primary N) is 1. The van der Waals surface area contributed by atoms with Crippen molar-refractivity contribution in [1.82, 2.24) is 5.32 Å². The van der Waals surface area contributed by atoms with Gasteiger partial charge in [-0.2, -0.15) is 0 Å². The van der Waals surface area contributed by atoms with E-state index in [0.717, 1.165) is 31.2 Å². The van der Waals surface area contributed by atoms with E-state index in [1.807, 2.05) is 6.92 Å². The predicted molar refractivity (Wildman–Crippen MR) is 76.5 cm³/mol. The Labute approximate surface area is 118 Å². The topological polar surface area (TPSA) is 92.4 Å². The summed E-state index contributed by atoms with van der Waals surface area (Å²) in [6.07, 6.45) is 3.33. The molecular formula is C15H20N2O3. The Morgan fingerprint density at radius 3 is 2.55 bits per heavy atom. The molecule has 20 heavy (non-hydrogen) atoms. The van der Waals surface area contributed by atoms with Crippen molar-refractivity contribution >= 4 is 17.6 Å². The van der Waals surface area contributed by atoms with Crippen molar-refractivity contribution in [3.05, 3.63) is 29.3 Å². The van der Waals surface area contributed by atoms with Crippen LogP contribution in [0.1, 0.15) is 48.0 Å². The molecule has 1 saturated carbocycles. The largest absolute Gasteiger partial charge is 0.481 e. The van der Waals surface area contributed by atoms with Crippen LogP contribution in [0.25, 0.3) is 0 Å². The van der Waals surface area contributed by atoms with Crippen LogP contribution in [-0.4, -0.2) is 22.5 Å². The van der Waals surface area contributed by atoms with Gasteiger partial charge in [0.15, 0.2) is 0 Å². The molecule has 0 aromatic heterocycles. The van der Waals surface area contributed by atoms with Gasteiger partial charge in [-0.25, -0.2) is 0 Å². The van der Waals surface area contributed by atoms with Crippen molar-refractivity contribution in [2.45, 2.75) is 44.6 Å². The maximum Gasteiger partial charge on any atom is 0.305 e. The summed E-state index contributed by atoms with van der Waals surface area (Å²) in [7, 11) is 0. The van der Waals surface area contributed by atoms with Gasteiger partial charge in [-0.05, 0) is 43.5 Å². The number of rotatable bonds is 4. The van der Waals surface area contributed by atoms with Gasteiger partial charge in [0.1, 0.15) is 0 Å². The molecule has 0 unspecified atom stereocenters. The molecule has 1 aromatic rings. The van der Waals surface area contributed by atoms with E-state index in [-0.39, 0.29) is 12.3 Å². The number of benzene rings is 1. The van der Waals surface area contributed by atoms with Gasteiger partial charge in [0.25, 0.3) is 5.91 Å². The van der Waals surface area contributed by atoms with Crippen molar-refractivity contribution in [2.24, 2.45) is 0 Å². The molecule has 108 valence electrons. The number of carboxylic acids is 1. The van der Waals surface area contributed by atoms with Crippen LogP contribution in [0, 0.1) is 6.92 Å². The van der Waals surface area contributed by atoms with Gasteiger partial charge in [0, 0.05) is 11.3 Å². The second kappa shape index (κ2) is 5.53. The predicted octanol–water partition coefficient (Wildman–Crippen LogP) is 2.09. The number of carbonyl (C=O) groups excluding carboxylic acids is 1. The summed E-state index contributed by atoms with van der Waals surface area (Å²) in [6.45, 7) is 1.84. The Hall–Kier alpha value is -2.04. The van der Waals surface area contributed by atoms with E-state index in [9.17, 15) is 9.59 Å². The van der Waals surface area contributed by atoms with Crippen LogP contribution in [0.15, 0.2) is 18.2 Å². The number of nitrogen functional groups attached to an aromatic ring is 1. The minimum absolute atomic E-state index is 0.0211. The number of aliphatic carboxylic acids is 1. The maximum atomic E-state index is 12.3. The number of hydrogen-bond donors (Lipinski definition) is 3. The van der Waals surface area contributed by atoms with E-state index in [2.05, 4.69) is 5.32 Å². The van der Waals surface area contributed by atoms with Crippen LogP contribution < -0.4 is 11.1 Å². The highest BCUT2D eigenvalue weighted by Gasteiger charge is 2.37. The van der Waals surface area contributed by atoms with Crippen LogP contribution in [-0.2, 0) is 4.79 Å². The van der Waals surface area contributed by atoms with Crippen molar-refractivity contribution in [3.63, 3.8) is 0 Å². The van der Waals surface area contributed by atoms with E-state index in [0.29, 0.717) is 11.3 Å². The van der Waals surface area contributed by atoms with Crippen molar-refractivity contribution < 1.29 is 14.7 Å². The van der Waals surface area contributed by atoms with E-state index >= 15 is 0 Å². The molecule has 1 aromatic carbocycles. The second-order valence-electron chi connectivity index (χ2n) is 5.58. The summed E-state index contributed by atoms with van der Waals surface area (Å²) in [5.41, 5.74) is 7.14. The monoisotopic (exact) mass is 276 g/mol. The van der Waals surface area contributed by atoms with Gasteiger partial charge in [-0.3, -0.25) is 9.59 Å². The highest BCUT2D eigenvalue weighted by molar-refractivity contribution is 5.95. The van der Waals surface area contributed by atoms with Gasteiger partial charge in [0.2, 0.25) is 0 Å². The van der Waals surface area contributed by atoms with Crippen LogP contribution >= 0.6 is 0 Å². The molecule has 0 bridgehead atoms. The van der Waals surface area contributed by atoms with Crippen molar-refractivity contribution in [3.8, 4) is 0 Å². The van der Waals surface area contributed by atoms with Crippen LogP contribution in [0.3, 0.4) is 0 Å². The molecule has 0 radical (unpaired) electrons. The lowest BCUT2D eigenvalue weighted by molar-refractivity contribution is -0.138. The molecule has 0 heterocycles. The fraction of sp³-hybridized carbons (Fsp3) is 0.467. The number of carbonyl (C=O) groups is 2. The van der Waals surface area contributed by atoms with Crippen molar-refractivity contribution in [2.75, 3.05) is 5.73 Å². The maximum absolute atomic E-state index is 12.3. The zero-order valence-corrected chi connectivity index (χ0v) is 11.6. The second-order valence-corrected chi connectivity index (χ2v) is 5.58. The molecule has 1 aliphatic rings. The fourth-order valence-corrected chi connectivity index (χ4v) is 2.82. The highest BCUT2D eigenvalue weighted by Crippen LogP contribution is 2.33. The molecule has 0 aliphatic heterocycles. The molecule has 1 fully saturated rings. The SMILES string of the molecule is Cc1cc(C(=O)NC2(CC(=O)O)CCCC2)ccc1N. The normalized spacial score (nSPS) is 16.9. The van der Waals surface area contributed by atoms with E-state index in [4.69, 9.17) is 10.8 Å². The third-order valence-electron chi connectivity index (χ3n) is 3.96. The third-order valence-corrected chi connectivity index (χ3v) is 3.96. The first-order chi connectivity index (χ1) is 9.42. The van der Waals surface area contributed by atoms with Crippen molar-refractivity contribution in [1.29, 1.82) is 0 Å². The number of nitrogens with one attached hydrogen (secondary N) is 1. The summed E-state index contributed by atoms with van der Waals surface area (Å²) in [5.74, 6) is -1.10. The summed E-state index contributed by atoms with van der Waals surface area (Å²) in [5, 5.41) is 12.0. The first-order valence-electron chi connectivity index (χ1n) is 6.82. The van der Waals surface area contributed by atoms with E-state index in [1.165, 1.54) is 0 Å². The summed E-state index contributed by atoms with van der Waals surface area (Å²) < 4.78 is 0. The first kappa shape index (κ1) is 14.4. The fourth-order valence-electron chi connectivity index (χ4n) is 2.82. The standard InChI is InChI=1S/C15H20N2O3/c1-10-8-11(4-5-12(10)16)14(20)17-15(9-13(18)19)6-2-3-7-15/h4-5,8H,2-3,6-7,9,16H2,1H3,(H,17,20)(H,18,19). The minimum atomic E-state index is -0.874. The number of aryl methyl sites for hydroxylation is 1. The molecule has 0 atom stereocenters. The first-order valence-corrected chi connectivity index (χ1v) is 6.82. The molecule has 4 N–H and O–H groups in total. The number of anilines is 1. The van der Waals surface area contributed by atoms with Gasteiger partial charge < -0.3 is 16.2 Å². The van der Waals surface area contributed by atoms with Gasteiger partial charge in [-0.15, -0.1) is 0 Å². The average Bonchev–Trinajstić information content (AvgIpc) is 2.79. The lowest BCUT2D eigenvalue weighted by Gasteiger charge is -2.28. The number of carboxylic acid groups (broad SMARTS) is 1. The Balaban J connectivity index is 2.16. The molecular weight excluding hydrogens is 256 g/mol. The van der Waals surface area contributed by atoms with Crippen LogP contribution in [0.5, 0.6) is 0 Å². The average molecular weight is 276 g/mol. The Morgan fingerprint density at radius 2 is 2.00 bits per heavy atom. The van der Waals surface area contributed by atoms with Gasteiger partial charge >= 0.3 is 5.97 Å². The summed E-state index contributed by atoms with van der Waals surface area (Å²) >= 11 is 0. The van der Waals surface area contributed by atoms with Crippen LogP contribution in [0.4, 0.5) is 5.69 Å². The summed E-state index contributed by atoms with van der Waals surface area (Å²) in [4.78, 5) is 23.3. The lowest BCUT2D eigenvalue weighted by Crippen LogP contribution is -2.47. The van der Waals surface area contributed by atoms with E-state index < -0.39 is 11.5 Å². The Kier molecular flexibility index (Phi) is 3.97. The Bertz CT molecular complexity index is 534. The molecule has 5 nitrogen and oxygen atoms in total. The minimum Gasteiger partial charge on any atom is -0.481 e. The number of hydrogen-bond acceptors (Lipinski definition) is 3. The third kappa shape index (κ3) is 3.10. The van der Waals surface area contributed by atoms with Crippen LogP contribution in [0.2, 0.25) is 0 Å². The molecule has 0 spiro atoms. The highest BCUT2D eigenvalue weighted by atomic mass is 16.4. The summed E-state index contributed by atoms with van der Waals surface area (Å²) in [6, 6.07) is 5.10. The zero-order chi connectivity index (χ0) is 14.8. The van der Waals surface area contributed by atoms with E-state index in [1.54, 1.807) is 18.2 Å². The molecule has 5 heteroatoms. The molecule has 1 aliphatic carbocycles. The smallest absolute Gasteiger partial charge is 0.305 e. The quantitative estimate of drug-likeness (QED) is 0.734. The number of amides is 1. The molecule has 1 amide bonds. The molecule has 2 rings (SSSR count). The molecule has 0 saturated heterocycles. The Morgan fingerprint density at radius 1 is 1.35 bits per heavy atom. The zero-order valence-electron chi connectivity index (χ0n) is 11.6. The lowest BCUT2D eigenvalue weighted by atomic mass is 9.92. The van der Waals surface area contributed by atoms with Gasteiger partial charge in [0.05, 0.1) is 12.0 Å².